The normalized spacial score (nSPS) is 19.7. The van der Waals surface area contributed by atoms with Gasteiger partial charge in [-0.1, -0.05) is 34.3 Å². The Balaban J connectivity index is 0.000000108. The van der Waals surface area contributed by atoms with Gasteiger partial charge in [0, 0.05) is 61.0 Å². The van der Waals surface area contributed by atoms with Crippen molar-refractivity contribution in [1.29, 1.82) is 0 Å². The highest BCUT2D eigenvalue weighted by Gasteiger charge is 2.38. The molecule has 0 bridgehead atoms. The maximum atomic E-state index is 13.4. The van der Waals surface area contributed by atoms with Gasteiger partial charge >= 0.3 is 11.4 Å². The molecule has 5 N–H and O–H groups in total. The summed E-state index contributed by atoms with van der Waals surface area (Å²) in [4.78, 5) is 55.5. The van der Waals surface area contributed by atoms with Crippen molar-refractivity contribution in [1.82, 2.24) is 53.2 Å². The molecule has 3 aromatic carbocycles. The first-order chi connectivity index (χ1) is 32.9. The molecule has 0 amide bonds. The van der Waals surface area contributed by atoms with Gasteiger partial charge in [-0.25, -0.2) is 57.6 Å². The van der Waals surface area contributed by atoms with Crippen molar-refractivity contribution in [3.63, 3.8) is 0 Å². The number of nitrogens with one attached hydrogen (secondary N) is 1. The Morgan fingerprint density at radius 3 is 1.44 bits per heavy atom. The number of aromatic nitrogens is 11. The van der Waals surface area contributed by atoms with Gasteiger partial charge < -0.3 is 16.8 Å². The lowest BCUT2D eigenvalue weighted by molar-refractivity contribution is 0.264. The van der Waals surface area contributed by atoms with Gasteiger partial charge in [-0.3, -0.25) is 18.3 Å². The van der Waals surface area contributed by atoms with E-state index in [9.17, 15) is 22.8 Å². The topological polar surface area (TPSA) is 208 Å². The first-order valence-electron chi connectivity index (χ1n) is 21.9. The molecule has 0 radical (unpaired) electrons. The monoisotopic (exact) mass is 996 g/mol. The van der Waals surface area contributed by atoms with Crippen molar-refractivity contribution < 1.29 is 13.2 Å². The number of anilines is 2. The Hall–Kier alpha value is -6.33. The number of fused-ring (bicyclic) bond motifs is 5. The number of benzene rings is 3. The molecule has 0 unspecified atom stereocenters. The van der Waals surface area contributed by atoms with Gasteiger partial charge in [0.05, 0.1) is 30.6 Å². The molecule has 4 aliphatic rings. The van der Waals surface area contributed by atoms with Crippen LogP contribution in [0.15, 0.2) is 89.0 Å². The standard InChI is InChI=1S/C19H17FN6OS.C12H15N5O.C7H3ClFNS.C7H5FN2S/c20-10-1-4-14-15(7-10)28-18(24-14)23-11-8-13(9-11)26-17-16(21-5-6-22-17)25(19(26)27)12-2-3-12;13-7-5-9(6-7)17-11-10(14-3-4-15-11)16(12(17)18)8-1-2-8;8-7-10-5-2-1-4(9)3-6(5)11-7;8-4-1-2-5-6(3-4)11-7(9)10-5/h1,4-7,11-13H,2-3,8-9H2,(H,23,24);3-4,7-9H,1-2,5-6,13H2;1-3H;1-3H,(H2,9,10). The Kier molecular flexibility index (Phi) is 11.7. The van der Waals surface area contributed by atoms with E-state index < -0.39 is 0 Å². The van der Waals surface area contributed by atoms with Crippen LogP contribution in [-0.2, 0) is 0 Å². The van der Waals surface area contributed by atoms with E-state index in [2.05, 4.69) is 40.2 Å². The molecule has 7 heterocycles. The van der Waals surface area contributed by atoms with E-state index in [0.29, 0.717) is 32.6 Å². The molecule has 10 aromatic rings. The van der Waals surface area contributed by atoms with Gasteiger partial charge in [0.25, 0.3) is 0 Å². The van der Waals surface area contributed by atoms with Crippen molar-refractivity contribution in [2.45, 2.75) is 87.6 Å². The Labute approximate surface area is 400 Å². The van der Waals surface area contributed by atoms with Crippen molar-refractivity contribution in [3.8, 4) is 0 Å². The highest BCUT2D eigenvalue weighted by Crippen LogP contribution is 2.40. The summed E-state index contributed by atoms with van der Waals surface area (Å²) < 4.78 is 48.6. The minimum atomic E-state index is -0.252. The van der Waals surface area contributed by atoms with Crippen LogP contribution in [0.4, 0.5) is 23.4 Å². The average Bonchev–Trinajstić information content (AvgIpc) is 4.14. The average molecular weight is 998 g/mol. The molecule has 68 heavy (non-hydrogen) atoms. The Bertz CT molecular complexity index is 3540. The Morgan fingerprint density at radius 1 is 0.559 bits per heavy atom. The van der Waals surface area contributed by atoms with Crippen LogP contribution in [0.3, 0.4) is 0 Å². The van der Waals surface area contributed by atoms with Crippen LogP contribution in [0.25, 0.3) is 53.2 Å². The maximum Gasteiger partial charge on any atom is 0.332 e. The van der Waals surface area contributed by atoms with Gasteiger partial charge in [-0.05, 0) is 106 Å². The quantitative estimate of drug-likeness (QED) is 0.143. The van der Waals surface area contributed by atoms with E-state index in [-0.39, 0.29) is 59.0 Å². The zero-order chi connectivity index (χ0) is 46.8. The summed E-state index contributed by atoms with van der Waals surface area (Å²) in [5, 5.41) is 4.69. The van der Waals surface area contributed by atoms with Crippen molar-refractivity contribution >= 4 is 109 Å². The maximum absolute atomic E-state index is 13.4. The fraction of sp³-hybridized carbons (Fsp3) is 0.311. The van der Waals surface area contributed by atoms with Crippen molar-refractivity contribution in [3.05, 3.63) is 122 Å². The number of nitrogen functional groups attached to an aromatic ring is 1. The summed E-state index contributed by atoms with van der Waals surface area (Å²) in [5.74, 6) is -0.752. The van der Waals surface area contributed by atoms with Crippen LogP contribution in [0.1, 0.15) is 75.5 Å². The summed E-state index contributed by atoms with van der Waals surface area (Å²) >= 11 is 9.64. The van der Waals surface area contributed by atoms with E-state index in [1.807, 2.05) is 13.7 Å². The lowest BCUT2D eigenvalue weighted by Crippen LogP contribution is -2.41. The summed E-state index contributed by atoms with van der Waals surface area (Å²) in [7, 11) is 0. The van der Waals surface area contributed by atoms with E-state index in [4.69, 9.17) is 23.1 Å². The third kappa shape index (κ3) is 8.81. The molecule has 7 aromatic heterocycles. The predicted molar refractivity (Wildman–Crippen MR) is 260 cm³/mol. The van der Waals surface area contributed by atoms with Crippen molar-refractivity contribution in [2.24, 2.45) is 5.73 Å². The number of imidazole rings is 2. The smallest absolute Gasteiger partial charge is 0.332 e. The molecule has 23 heteroatoms. The number of nitrogens with two attached hydrogens (primary N) is 2. The Morgan fingerprint density at radius 2 is 0.971 bits per heavy atom. The molecule has 0 spiro atoms. The highest BCUT2D eigenvalue weighted by atomic mass is 35.5. The number of nitrogens with zero attached hydrogens (tertiary/aromatic N) is 11. The molecule has 4 fully saturated rings. The van der Waals surface area contributed by atoms with Gasteiger partial charge in [-0.2, -0.15) is 0 Å². The van der Waals surface area contributed by atoms with Crippen LogP contribution < -0.4 is 28.2 Å². The molecule has 348 valence electrons. The molecule has 4 saturated carbocycles. The second kappa shape index (κ2) is 18.0. The first kappa shape index (κ1) is 44.2. The van der Waals surface area contributed by atoms with Crippen LogP contribution in [0, 0.1) is 17.5 Å². The van der Waals surface area contributed by atoms with Crippen molar-refractivity contribution in [2.75, 3.05) is 11.1 Å². The van der Waals surface area contributed by atoms with Gasteiger partial charge in [0.15, 0.2) is 37.3 Å². The zero-order valence-corrected chi connectivity index (χ0v) is 39.0. The molecule has 14 rings (SSSR count). The largest absolute Gasteiger partial charge is 0.375 e. The summed E-state index contributed by atoms with van der Waals surface area (Å²) in [6, 6.07) is 14.8. The van der Waals surface area contributed by atoms with Crippen LogP contribution >= 0.6 is 45.6 Å². The number of hydrogen-bond donors (Lipinski definition) is 3. The van der Waals surface area contributed by atoms with Gasteiger partial charge in [0.1, 0.15) is 17.5 Å². The van der Waals surface area contributed by atoms with Gasteiger partial charge in [0.2, 0.25) is 0 Å². The fourth-order valence-electron chi connectivity index (χ4n) is 8.58. The lowest BCUT2D eigenvalue weighted by atomic mass is 9.86. The lowest BCUT2D eigenvalue weighted by Gasteiger charge is -2.36. The molecule has 0 atom stereocenters. The summed E-state index contributed by atoms with van der Waals surface area (Å²) in [5.41, 5.74) is 16.4. The van der Waals surface area contributed by atoms with E-state index in [0.717, 1.165) is 92.8 Å². The first-order valence-corrected chi connectivity index (χ1v) is 24.7. The summed E-state index contributed by atoms with van der Waals surface area (Å²) in [6.45, 7) is 0. The third-order valence-electron chi connectivity index (χ3n) is 12.2. The number of halogens is 4. The second-order valence-corrected chi connectivity index (χ2v) is 20.8. The molecular weight excluding hydrogens is 957 g/mol. The van der Waals surface area contributed by atoms with Crippen LogP contribution in [-0.4, -0.2) is 65.2 Å². The minimum Gasteiger partial charge on any atom is -0.375 e. The number of hydrogen-bond acceptors (Lipinski definition) is 15. The fourth-order valence-corrected chi connectivity index (χ4v) is 11.4. The minimum absolute atomic E-state index is 0.00242. The molecule has 4 aliphatic carbocycles. The van der Waals surface area contributed by atoms with Crippen LogP contribution in [0.5, 0.6) is 0 Å². The molecule has 0 saturated heterocycles. The zero-order valence-electron chi connectivity index (χ0n) is 35.8. The molecular formula is C45H40ClF3N14O2S3. The second-order valence-electron chi connectivity index (χ2n) is 17.1. The molecule has 0 aliphatic heterocycles. The number of thiazole rings is 3. The van der Waals surface area contributed by atoms with E-state index in [1.165, 1.54) is 70.4 Å². The number of rotatable bonds is 6. The van der Waals surface area contributed by atoms with E-state index in [1.54, 1.807) is 47.6 Å². The van der Waals surface area contributed by atoms with E-state index >= 15 is 0 Å². The van der Waals surface area contributed by atoms with Crippen LogP contribution in [0.2, 0.25) is 4.47 Å². The third-order valence-corrected chi connectivity index (χ3v) is 15.2. The molecule has 16 nitrogen and oxygen atoms in total. The SMILES string of the molecule is Fc1ccc2nc(Cl)sc2c1.NC1CC(n2c(=O)n(C3CC3)c3nccnc32)C1.Nc1nc2ccc(F)cc2s1.O=c1n(C2CC2)c2nccnc2n1C1CC(Nc2nc3ccc(F)cc3s2)C1. The highest BCUT2D eigenvalue weighted by molar-refractivity contribution is 7.22. The predicted octanol–water partition coefficient (Wildman–Crippen LogP) is 9.19. The summed E-state index contributed by atoms with van der Waals surface area (Å²) in [6.07, 6.45) is 14.2. The van der Waals surface area contributed by atoms with Gasteiger partial charge in [-0.15, -0.1) is 11.3 Å².